The van der Waals surface area contributed by atoms with Gasteiger partial charge in [0.2, 0.25) is 0 Å². The van der Waals surface area contributed by atoms with Crippen LogP contribution in [0.5, 0.6) is 0 Å². The zero-order valence-electron chi connectivity index (χ0n) is 14.3. The van der Waals surface area contributed by atoms with Crippen LogP contribution in [0.4, 0.5) is 32.0 Å². The van der Waals surface area contributed by atoms with E-state index >= 15 is 0 Å². The first-order valence-electron chi connectivity index (χ1n) is 7.96. The van der Waals surface area contributed by atoms with Crippen molar-refractivity contribution in [2.24, 2.45) is 0 Å². The summed E-state index contributed by atoms with van der Waals surface area (Å²) in [4.78, 5) is 14.5. The van der Waals surface area contributed by atoms with Gasteiger partial charge < -0.3 is 0 Å². The Labute approximate surface area is 159 Å². The number of halogens is 6. The Morgan fingerprint density at radius 2 is 1.28 bits per heavy atom. The Morgan fingerprint density at radius 1 is 0.759 bits per heavy atom. The minimum absolute atomic E-state index is 0.0264. The first kappa shape index (κ1) is 20.3. The van der Waals surface area contributed by atoms with Crippen molar-refractivity contribution < 1.29 is 31.3 Å². The highest BCUT2D eigenvalue weighted by atomic mass is 19.4. The second-order valence-corrected chi connectivity index (χ2v) is 6.01. The minimum Gasteiger partial charge on any atom is -0.258 e. The molecule has 150 valence electrons. The van der Waals surface area contributed by atoms with Crippen molar-refractivity contribution in [2.75, 3.05) is 0 Å². The fourth-order valence-corrected chi connectivity index (χ4v) is 2.69. The number of alkyl halides is 6. The van der Waals surface area contributed by atoms with E-state index in [-0.39, 0.29) is 22.4 Å². The van der Waals surface area contributed by atoms with Gasteiger partial charge in [-0.25, -0.2) is 4.98 Å². The summed E-state index contributed by atoms with van der Waals surface area (Å²) in [6.07, 6.45) is -8.17. The molecule has 0 spiro atoms. The lowest BCUT2D eigenvalue weighted by Crippen LogP contribution is -2.05. The Morgan fingerprint density at radius 3 is 1.79 bits per heavy atom. The largest absolute Gasteiger partial charge is 0.416 e. The monoisotopic (exact) mass is 412 g/mol. The van der Waals surface area contributed by atoms with Gasteiger partial charge >= 0.3 is 12.4 Å². The van der Waals surface area contributed by atoms with E-state index in [0.29, 0.717) is 0 Å². The molecular formula is C19H10F6N2O2. The lowest BCUT2D eigenvalue weighted by Gasteiger charge is -2.11. The first-order chi connectivity index (χ1) is 13.5. The smallest absolute Gasteiger partial charge is 0.258 e. The molecule has 1 heterocycles. The van der Waals surface area contributed by atoms with E-state index in [1.54, 1.807) is 0 Å². The topological polar surface area (TPSA) is 56.0 Å². The zero-order chi connectivity index (χ0) is 21.4. The molecule has 29 heavy (non-hydrogen) atoms. The number of hydrogen-bond donors (Lipinski definition) is 0. The van der Waals surface area contributed by atoms with Crippen LogP contribution in [0, 0.1) is 10.1 Å². The summed E-state index contributed by atoms with van der Waals surface area (Å²) in [5.74, 6) is 0. The highest BCUT2D eigenvalue weighted by Crippen LogP contribution is 2.37. The van der Waals surface area contributed by atoms with Gasteiger partial charge in [-0.3, -0.25) is 10.1 Å². The van der Waals surface area contributed by atoms with Gasteiger partial charge in [-0.05, 0) is 29.8 Å². The lowest BCUT2D eigenvalue weighted by molar-refractivity contribution is -0.384. The van der Waals surface area contributed by atoms with Crippen LogP contribution < -0.4 is 0 Å². The van der Waals surface area contributed by atoms with E-state index in [1.165, 1.54) is 12.1 Å². The number of hydrogen-bond acceptors (Lipinski definition) is 3. The Balaban J connectivity index is 2.11. The maximum atomic E-state index is 12.9. The second kappa shape index (κ2) is 7.19. The van der Waals surface area contributed by atoms with Crippen LogP contribution in [0.25, 0.3) is 22.4 Å². The molecule has 2 aromatic carbocycles. The van der Waals surface area contributed by atoms with Crippen molar-refractivity contribution in [3.8, 4) is 22.4 Å². The molecule has 0 saturated heterocycles. The molecule has 0 unspecified atom stereocenters. The number of aromatic nitrogens is 1. The van der Waals surface area contributed by atoms with Crippen LogP contribution in [0.15, 0.2) is 60.8 Å². The predicted molar refractivity (Wildman–Crippen MR) is 91.8 cm³/mol. The van der Waals surface area contributed by atoms with Crippen LogP contribution >= 0.6 is 0 Å². The van der Waals surface area contributed by atoms with Crippen LogP contribution in [0.2, 0.25) is 0 Å². The van der Waals surface area contributed by atoms with Crippen LogP contribution in [-0.2, 0) is 12.4 Å². The van der Waals surface area contributed by atoms with Crippen LogP contribution in [-0.4, -0.2) is 9.91 Å². The molecule has 10 heteroatoms. The quantitative estimate of drug-likeness (QED) is 0.286. The number of nitrogens with zero attached hydrogens (tertiary/aromatic N) is 2. The molecule has 3 aromatic rings. The van der Waals surface area contributed by atoms with Crippen molar-refractivity contribution >= 4 is 5.69 Å². The molecule has 1 aromatic heterocycles. The van der Waals surface area contributed by atoms with Gasteiger partial charge in [-0.1, -0.05) is 24.3 Å². The SMILES string of the molecule is O=[N+]([O-])c1cc(-c2cccc(C(F)(F)F)c2)cnc1-c1cccc(C(F)(F)F)c1. The molecular weight excluding hydrogens is 402 g/mol. The molecule has 0 saturated carbocycles. The van der Waals surface area contributed by atoms with Gasteiger partial charge in [0.15, 0.2) is 0 Å². The number of benzene rings is 2. The number of nitro groups is 1. The predicted octanol–water partition coefficient (Wildman–Crippen LogP) is 6.36. The van der Waals surface area contributed by atoms with Crippen LogP contribution in [0.1, 0.15) is 11.1 Å². The average Bonchev–Trinajstić information content (AvgIpc) is 2.66. The Bertz CT molecular complexity index is 1080. The minimum atomic E-state index is -4.65. The molecule has 3 rings (SSSR count). The molecule has 0 aliphatic heterocycles. The number of pyridine rings is 1. The molecule has 0 aliphatic carbocycles. The van der Waals surface area contributed by atoms with Gasteiger partial charge in [0, 0.05) is 23.4 Å². The molecule has 0 amide bonds. The Kier molecular flexibility index (Phi) is 5.04. The van der Waals surface area contributed by atoms with Crippen LogP contribution in [0.3, 0.4) is 0 Å². The van der Waals surface area contributed by atoms with E-state index in [9.17, 15) is 36.5 Å². The molecule has 0 bridgehead atoms. The molecule has 0 atom stereocenters. The maximum absolute atomic E-state index is 12.9. The van der Waals surface area contributed by atoms with Gasteiger partial charge in [0.05, 0.1) is 16.1 Å². The van der Waals surface area contributed by atoms with Crippen molar-refractivity contribution in [1.29, 1.82) is 0 Å². The molecule has 0 aliphatic rings. The summed E-state index contributed by atoms with van der Waals surface area (Å²) in [7, 11) is 0. The normalized spacial score (nSPS) is 12.1. The van der Waals surface area contributed by atoms with E-state index in [0.717, 1.165) is 48.7 Å². The molecule has 0 fully saturated rings. The third kappa shape index (κ3) is 4.36. The summed E-state index contributed by atoms with van der Waals surface area (Å²) in [6, 6.07) is 8.96. The number of rotatable bonds is 3. The molecule has 4 nitrogen and oxygen atoms in total. The zero-order valence-corrected chi connectivity index (χ0v) is 14.3. The molecule has 0 radical (unpaired) electrons. The van der Waals surface area contributed by atoms with Gasteiger partial charge in [-0.2, -0.15) is 26.3 Å². The summed E-state index contributed by atoms with van der Waals surface area (Å²) >= 11 is 0. The van der Waals surface area contributed by atoms with Crippen molar-refractivity contribution in [1.82, 2.24) is 4.98 Å². The van der Waals surface area contributed by atoms with Crippen molar-refractivity contribution in [3.05, 3.63) is 82.0 Å². The third-order valence-electron chi connectivity index (χ3n) is 4.05. The van der Waals surface area contributed by atoms with Gasteiger partial charge in [0.25, 0.3) is 5.69 Å². The fourth-order valence-electron chi connectivity index (χ4n) is 2.69. The van der Waals surface area contributed by atoms with E-state index in [4.69, 9.17) is 0 Å². The van der Waals surface area contributed by atoms with Gasteiger partial charge in [0.1, 0.15) is 5.69 Å². The van der Waals surface area contributed by atoms with E-state index in [2.05, 4.69) is 4.98 Å². The summed E-state index contributed by atoms with van der Waals surface area (Å²) < 4.78 is 77.4. The standard InChI is InChI=1S/C19H10F6N2O2/c20-18(21,22)14-5-1-3-11(7-14)13-9-16(27(28)29)17(26-10-13)12-4-2-6-15(8-12)19(23,24)25/h1-10H. The summed E-state index contributed by atoms with van der Waals surface area (Å²) in [5.41, 5.74) is -2.98. The van der Waals surface area contributed by atoms with Crippen molar-refractivity contribution in [3.63, 3.8) is 0 Å². The highest BCUT2D eigenvalue weighted by Gasteiger charge is 2.32. The fraction of sp³-hybridized carbons (Fsp3) is 0.105. The highest BCUT2D eigenvalue weighted by molar-refractivity contribution is 5.75. The summed E-state index contributed by atoms with van der Waals surface area (Å²) in [5, 5.41) is 11.4. The average molecular weight is 412 g/mol. The second-order valence-electron chi connectivity index (χ2n) is 6.01. The Hall–Kier alpha value is -3.43. The lowest BCUT2D eigenvalue weighted by atomic mass is 10.0. The van der Waals surface area contributed by atoms with E-state index < -0.39 is 34.1 Å². The molecule has 0 N–H and O–H groups in total. The maximum Gasteiger partial charge on any atom is 0.416 e. The first-order valence-corrected chi connectivity index (χ1v) is 7.96. The van der Waals surface area contributed by atoms with Crippen molar-refractivity contribution in [2.45, 2.75) is 12.4 Å². The van der Waals surface area contributed by atoms with E-state index in [1.807, 2.05) is 0 Å². The summed E-state index contributed by atoms with van der Waals surface area (Å²) in [6.45, 7) is 0. The third-order valence-corrected chi connectivity index (χ3v) is 4.05. The van der Waals surface area contributed by atoms with Gasteiger partial charge in [-0.15, -0.1) is 0 Å².